The molecular formula is C22H22ClN3O2. The lowest BCUT2D eigenvalue weighted by Crippen LogP contribution is -2.28. The van der Waals surface area contributed by atoms with Crippen LogP contribution in [0.15, 0.2) is 67.0 Å². The summed E-state index contributed by atoms with van der Waals surface area (Å²) in [6.07, 6.45) is 7.56. The zero-order valence-electron chi connectivity index (χ0n) is 15.8. The van der Waals surface area contributed by atoms with Crippen molar-refractivity contribution in [1.29, 1.82) is 0 Å². The summed E-state index contributed by atoms with van der Waals surface area (Å²) in [4.78, 5) is 11.0. The smallest absolute Gasteiger partial charge is 0.217 e. The number of carbonyl (C=O) groups is 1. The lowest BCUT2D eigenvalue weighted by atomic mass is 10.2. The van der Waals surface area contributed by atoms with Crippen molar-refractivity contribution in [2.75, 3.05) is 0 Å². The number of nitrogens with one attached hydrogen (secondary N) is 1. The van der Waals surface area contributed by atoms with Crippen LogP contribution in [0.5, 0.6) is 11.5 Å². The maximum Gasteiger partial charge on any atom is 0.217 e. The molecule has 1 atom stereocenters. The Morgan fingerprint density at radius 1 is 1.25 bits per heavy atom. The van der Waals surface area contributed by atoms with E-state index in [2.05, 4.69) is 10.4 Å². The maximum absolute atomic E-state index is 11.0. The van der Waals surface area contributed by atoms with E-state index in [1.165, 1.54) is 6.92 Å². The largest absolute Gasteiger partial charge is 0.457 e. The number of carbonyl (C=O) groups excluding carboxylic acids is 1. The number of hydrogen-bond acceptors (Lipinski definition) is 3. The van der Waals surface area contributed by atoms with Gasteiger partial charge in [-0.15, -0.1) is 0 Å². The van der Waals surface area contributed by atoms with E-state index in [0.717, 1.165) is 16.9 Å². The Labute approximate surface area is 169 Å². The molecule has 144 valence electrons. The van der Waals surface area contributed by atoms with Crippen LogP contribution in [-0.2, 0) is 11.3 Å². The second-order valence-corrected chi connectivity index (χ2v) is 6.90. The molecular weight excluding hydrogens is 374 g/mol. The number of ether oxygens (including phenoxy) is 1. The second-order valence-electron chi connectivity index (χ2n) is 6.49. The summed E-state index contributed by atoms with van der Waals surface area (Å²) < 4.78 is 7.63. The molecule has 1 amide bonds. The van der Waals surface area contributed by atoms with E-state index in [9.17, 15) is 4.79 Å². The van der Waals surface area contributed by atoms with E-state index in [1.807, 2.05) is 78.5 Å². The van der Waals surface area contributed by atoms with Gasteiger partial charge in [0.2, 0.25) is 5.91 Å². The van der Waals surface area contributed by atoms with Crippen molar-refractivity contribution in [3.05, 3.63) is 83.2 Å². The van der Waals surface area contributed by atoms with Crippen LogP contribution >= 0.6 is 11.6 Å². The zero-order valence-corrected chi connectivity index (χ0v) is 16.6. The number of para-hydroxylation sites is 1. The average Bonchev–Trinajstić information content (AvgIpc) is 3.10. The lowest BCUT2D eigenvalue weighted by Gasteiger charge is -2.09. The van der Waals surface area contributed by atoms with Crippen LogP contribution in [0.2, 0.25) is 5.02 Å². The summed E-state index contributed by atoms with van der Waals surface area (Å²) in [5.41, 5.74) is 1.91. The van der Waals surface area contributed by atoms with Gasteiger partial charge < -0.3 is 10.1 Å². The van der Waals surface area contributed by atoms with Crippen LogP contribution in [0.4, 0.5) is 0 Å². The minimum Gasteiger partial charge on any atom is -0.457 e. The molecule has 0 saturated carbocycles. The van der Waals surface area contributed by atoms with Gasteiger partial charge in [0.15, 0.2) is 0 Å². The molecule has 0 saturated heterocycles. The van der Waals surface area contributed by atoms with Crippen LogP contribution in [0, 0.1) is 0 Å². The third-order valence-electron chi connectivity index (χ3n) is 4.00. The molecule has 0 aliphatic heterocycles. The third kappa shape index (κ3) is 5.72. The minimum absolute atomic E-state index is 0.0348. The molecule has 0 radical (unpaired) electrons. The number of nitrogens with zero attached hydrogens (tertiary/aromatic N) is 2. The molecule has 1 aromatic heterocycles. The Bertz CT molecular complexity index is 967. The molecule has 1 N–H and O–H groups in total. The molecule has 2 aromatic carbocycles. The van der Waals surface area contributed by atoms with Gasteiger partial charge in [0, 0.05) is 29.7 Å². The number of hydrogen-bond donors (Lipinski definition) is 1. The highest BCUT2D eigenvalue weighted by molar-refractivity contribution is 6.31. The molecule has 28 heavy (non-hydrogen) atoms. The average molecular weight is 396 g/mol. The Morgan fingerprint density at radius 2 is 2.04 bits per heavy atom. The van der Waals surface area contributed by atoms with Crippen molar-refractivity contribution in [3.8, 4) is 11.5 Å². The molecule has 0 unspecified atom stereocenters. The van der Waals surface area contributed by atoms with Crippen LogP contribution in [-0.4, -0.2) is 21.7 Å². The van der Waals surface area contributed by atoms with E-state index >= 15 is 0 Å². The zero-order chi connectivity index (χ0) is 19.9. The molecule has 0 fully saturated rings. The fourth-order valence-corrected chi connectivity index (χ4v) is 2.93. The van der Waals surface area contributed by atoms with Gasteiger partial charge in [0.25, 0.3) is 0 Å². The molecule has 3 aromatic rings. The molecule has 6 heteroatoms. The van der Waals surface area contributed by atoms with Crippen LogP contribution in [0.3, 0.4) is 0 Å². The van der Waals surface area contributed by atoms with Crippen LogP contribution in [0.1, 0.15) is 25.0 Å². The first kappa shape index (κ1) is 19.7. The van der Waals surface area contributed by atoms with Crippen molar-refractivity contribution < 1.29 is 9.53 Å². The highest BCUT2D eigenvalue weighted by atomic mass is 35.5. The van der Waals surface area contributed by atoms with Crippen LogP contribution in [0.25, 0.3) is 6.08 Å². The van der Waals surface area contributed by atoms with Crippen molar-refractivity contribution in [1.82, 2.24) is 15.1 Å². The van der Waals surface area contributed by atoms with Crippen molar-refractivity contribution in [2.45, 2.75) is 26.4 Å². The predicted octanol–water partition coefficient (Wildman–Crippen LogP) is 4.91. The Hall–Kier alpha value is -3.05. The van der Waals surface area contributed by atoms with E-state index in [1.54, 1.807) is 6.20 Å². The summed E-state index contributed by atoms with van der Waals surface area (Å²) in [6.45, 7) is 3.98. The molecule has 3 rings (SSSR count). The number of aromatic nitrogens is 2. The summed E-state index contributed by atoms with van der Waals surface area (Å²) in [6, 6.07) is 15.2. The van der Waals surface area contributed by atoms with Gasteiger partial charge in [-0.1, -0.05) is 48.0 Å². The topological polar surface area (TPSA) is 56.2 Å². The van der Waals surface area contributed by atoms with Gasteiger partial charge >= 0.3 is 0 Å². The third-order valence-corrected chi connectivity index (χ3v) is 4.35. The monoisotopic (exact) mass is 395 g/mol. The number of benzene rings is 2. The Morgan fingerprint density at radius 3 is 2.75 bits per heavy atom. The summed E-state index contributed by atoms with van der Waals surface area (Å²) in [5.74, 6) is 1.40. The molecule has 0 spiro atoms. The summed E-state index contributed by atoms with van der Waals surface area (Å²) >= 11 is 6.43. The maximum atomic E-state index is 11.0. The molecule has 5 nitrogen and oxygen atoms in total. The van der Waals surface area contributed by atoms with Gasteiger partial charge in [-0.3, -0.25) is 9.48 Å². The van der Waals surface area contributed by atoms with Gasteiger partial charge in [0.1, 0.15) is 11.5 Å². The van der Waals surface area contributed by atoms with Crippen molar-refractivity contribution in [2.24, 2.45) is 0 Å². The van der Waals surface area contributed by atoms with E-state index in [4.69, 9.17) is 16.3 Å². The normalized spacial score (nSPS) is 12.1. The van der Waals surface area contributed by atoms with Gasteiger partial charge in [-0.05, 0) is 36.8 Å². The number of rotatable bonds is 7. The minimum atomic E-state index is -0.0535. The summed E-state index contributed by atoms with van der Waals surface area (Å²) in [5, 5.41) is 7.80. The van der Waals surface area contributed by atoms with Crippen LogP contribution < -0.4 is 10.1 Å². The van der Waals surface area contributed by atoms with Crippen molar-refractivity contribution >= 4 is 23.6 Å². The van der Waals surface area contributed by atoms with E-state index in [-0.39, 0.29) is 11.9 Å². The van der Waals surface area contributed by atoms with Crippen molar-refractivity contribution in [3.63, 3.8) is 0 Å². The standard InChI is InChI=1S/C22H22ClN3O2/c1-16(25-17(2)27)8-9-18-13-24-26(14-18)15-19-10-11-21(12-22(19)23)28-20-6-4-3-5-7-20/h3-14,16H,15H2,1-2H3,(H,25,27)/b9-8+/t16-/m0/s1. The van der Waals surface area contributed by atoms with Gasteiger partial charge in [0.05, 0.1) is 12.7 Å². The fraction of sp³-hybridized carbons (Fsp3) is 0.182. The molecule has 0 bridgehead atoms. The summed E-state index contributed by atoms with van der Waals surface area (Å²) in [7, 11) is 0. The first-order valence-corrected chi connectivity index (χ1v) is 9.36. The van der Waals surface area contributed by atoms with Gasteiger partial charge in [-0.2, -0.15) is 5.10 Å². The van der Waals surface area contributed by atoms with Gasteiger partial charge in [-0.25, -0.2) is 0 Å². The van der Waals surface area contributed by atoms with E-state index < -0.39 is 0 Å². The quantitative estimate of drug-likeness (QED) is 0.618. The fourth-order valence-electron chi connectivity index (χ4n) is 2.70. The Balaban J connectivity index is 1.63. The first-order valence-electron chi connectivity index (χ1n) is 8.98. The number of halogens is 1. The van der Waals surface area contributed by atoms with E-state index in [0.29, 0.717) is 17.3 Å². The number of amides is 1. The SMILES string of the molecule is CC(=O)N[C@@H](C)/C=C/c1cnn(Cc2ccc(Oc3ccccc3)cc2Cl)c1. The molecule has 0 aliphatic carbocycles. The second kappa shape index (κ2) is 9.24. The molecule has 0 aliphatic rings. The Kier molecular flexibility index (Phi) is 6.50. The first-order chi connectivity index (χ1) is 13.5. The molecule has 1 heterocycles. The highest BCUT2D eigenvalue weighted by Gasteiger charge is 2.06. The lowest BCUT2D eigenvalue weighted by molar-refractivity contribution is -0.119. The highest BCUT2D eigenvalue weighted by Crippen LogP contribution is 2.27. The predicted molar refractivity (Wildman–Crippen MR) is 112 cm³/mol.